The first-order chi connectivity index (χ1) is 11.5. The van der Waals surface area contributed by atoms with Gasteiger partial charge in [0.1, 0.15) is 5.69 Å². The van der Waals surface area contributed by atoms with Crippen molar-refractivity contribution >= 4 is 23.1 Å². The van der Waals surface area contributed by atoms with Gasteiger partial charge < -0.3 is 5.11 Å². The van der Waals surface area contributed by atoms with Crippen molar-refractivity contribution in [3.63, 3.8) is 0 Å². The van der Waals surface area contributed by atoms with Crippen molar-refractivity contribution in [2.75, 3.05) is 0 Å². The lowest BCUT2D eigenvalue weighted by Gasteiger charge is -2.39. The second-order valence-corrected chi connectivity index (χ2v) is 9.12. The number of thiophene rings is 1. The predicted molar refractivity (Wildman–Crippen MR) is 99.0 cm³/mol. The summed E-state index contributed by atoms with van der Waals surface area (Å²) in [5, 5.41) is 8.98. The van der Waals surface area contributed by atoms with Gasteiger partial charge in [0.25, 0.3) is 0 Å². The number of carboxylic acid groups (broad SMARTS) is 1. The molecule has 2 heterocycles. The quantitative estimate of drug-likeness (QED) is 0.807. The average Bonchev–Trinajstić information content (AvgIpc) is 2.91. The minimum absolute atomic E-state index is 0.0601. The van der Waals surface area contributed by atoms with Crippen LogP contribution in [0, 0.1) is 6.92 Å². The second kappa shape index (κ2) is 5.77. The molecule has 0 amide bonds. The molecular formula is C20H23NO3S. The lowest BCUT2D eigenvalue weighted by Crippen LogP contribution is -2.32. The van der Waals surface area contributed by atoms with E-state index in [9.17, 15) is 9.59 Å². The molecule has 25 heavy (non-hydrogen) atoms. The Labute approximate surface area is 151 Å². The minimum atomic E-state index is -1.04. The summed E-state index contributed by atoms with van der Waals surface area (Å²) in [6.07, 6.45) is 3.45. The summed E-state index contributed by atoms with van der Waals surface area (Å²) < 4.78 is 0. The van der Waals surface area contributed by atoms with Crippen molar-refractivity contribution in [1.29, 1.82) is 0 Å². The molecule has 0 unspecified atom stereocenters. The van der Waals surface area contributed by atoms with E-state index < -0.39 is 5.97 Å². The minimum Gasteiger partial charge on any atom is -0.478 e. The Hall–Kier alpha value is -2.01. The molecule has 0 spiro atoms. The van der Waals surface area contributed by atoms with Crippen LogP contribution in [0.15, 0.2) is 18.3 Å². The zero-order chi connectivity index (χ0) is 18.6. The Morgan fingerprint density at radius 3 is 2.28 bits per heavy atom. The molecular weight excluding hydrogens is 334 g/mol. The maximum atomic E-state index is 13.0. The fraction of sp³-hybridized carbons (Fsp3) is 0.450. The van der Waals surface area contributed by atoms with Gasteiger partial charge in [0, 0.05) is 11.1 Å². The van der Waals surface area contributed by atoms with Crippen LogP contribution in [0.3, 0.4) is 0 Å². The molecule has 0 radical (unpaired) electrons. The third-order valence-corrected chi connectivity index (χ3v) is 6.92. The predicted octanol–water partition coefficient (Wildman–Crippen LogP) is 4.73. The number of carbonyl (C=O) groups is 2. The number of carbonyl (C=O) groups excluding carboxylic acids is 1. The van der Waals surface area contributed by atoms with E-state index in [4.69, 9.17) is 5.11 Å². The number of fused-ring (bicyclic) bond motifs is 1. The van der Waals surface area contributed by atoms with Gasteiger partial charge in [-0.3, -0.25) is 9.78 Å². The van der Waals surface area contributed by atoms with Gasteiger partial charge in [0.15, 0.2) is 0 Å². The number of ketones is 1. The molecule has 1 aliphatic carbocycles. The molecule has 0 fully saturated rings. The van der Waals surface area contributed by atoms with Crippen LogP contribution in [0.1, 0.15) is 82.3 Å². The first-order valence-corrected chi connectivity index (χ1v) is 9.24. The fourth-order valence-electron chi connectivity index (χ4n) is 3.66. The van der Waals surface area contributed by atoms with Gasteiger partial charge in [0.2, 0.25) is 5.78 Å². The smallest absolute Gasteiger partial charge is 0.337 e. The van der Waals surface area contributed by atoms with Crippen molar-refractivity contribution in [2.45, 2.75) is 58.3 Å². The first-order valence-electron chi connectivity index (χ1n) is 8.43. The van der Waals surface area contributed by atoms with Gasteiger partial charge in [0.05, 0.1) is 10.4 Å². The van der Waals surface area contributed by atoms with Crippen LogP contribution < -0.4 is 0 Å². The Morgan fingerprint density at radius 2 is 1.76 bits per heavy atom. The van der Waals surface area contributed by atoms with E-state index in [-0.39, 0.29) is 22.2 Å². The van der Waals surface area contributed by atoms with E-state index >= 15 is 0 Å². The number of aromatic nitrogens is 1. The lowest BCUT2D eigenvalue weighted by molar-refractivity contribution is 0.0696. The zero-order valence-corrected chi connectivity index (χ0v) is 16.1. The number of nitrogens with zero attached hydrogens (tertiary/aromatic N) is 1. The third-order valence-electron chi connectivity index (χ3n) is 5.26. The summed E-state index contributed by atoms with van der Waals surface area (Å²) in [5.74, 6) is -1.17. The van der Waals surface area contributed by atoms with Gasteiger partial charge in [-0.05, 0) is 53.9 Å². The summed E-state index contributed by atoms with van der Waals surface area (Å²) in [6.45, 7) is 11.0. The molecule has 1 aliphatic rings. The molecule has 132 valence electrons. The lowest BCUT2D eigenvalue weighted by atomic mass is 9.66. The number of aromatic carboxylic acids is 1. The normalized spacial score (nSPS) is 17.8. The van der Waals surface area contributed by atoms with E-state index in [1.165, 1.54) is 28.8 Å². The van der Waals surface area contributed by atoms with E-state index in [2.05, 4.69) is 32.7 Å². The van der Waals surface area contributed by atoms with Crippen molar-refractivity contribution in [3.8, 4) is 0 Å². The Morgan fingerprint density at radius 1 is 1.12 bits per heavy atom. The number of hydrogen-bond acceptors (Lipinski definition) is 4. The highest BCUT2D eigenvalue weighted by atomic mass is 32.1. The second-order valence-electron chi connectivity index (χ2n) is 8.09. The monoisotopic (exact) mass is 357 g/mol. The van der Waals surface area contributed by atoms with Crippen LogP contribution in [0.4, 0.5) is 0 Å². The molecule has 2 aromatic rings. The van der Waals surface area contributed by atoms with Crippen molar-refractivity contribution in [1.82, 2.24) is 4.98 Å². The molecule has 0 saturated carbocycles. The van der Waals surface area contributed by atoms with Crippen molar-refractivity contribution in [3.05, 3.63) is 50.5 Å². The molecule has 0 aliphatic heterocycles. The molecule has 2 aromatic heterocycles. The summed E-state index contributed by atoms with van der Waals surface area (Å²) in [6, 6.07) is 2.93. The van der Waals surface area contributed by atoms with Crippen LogP contribution in [0.5, 0.6) is 0 Å². The van der Waals surface area contributed by atoms with Gasteiger partial charge in [-0.25, -0.2) is 4.79 Å². The summed E-state index contributed by atoms with van der Waals surface area (Å²) >= 11 is 1.58. The molecule has 4 nitrogen and oxygen atoms in total. The van der Waals surface area contributed by atoms with Gasteiger partial charge in [-0.2, -0.15) is 0 Å². The third kappa shape index (κ3) is 2.91. The highest BCUT2D eigenvalue weighted by Crippen LogP contribution is 2.51. The molecule has 0 saturated heterocycles. The van der Waals surface area contributed by atoms with Crippen LogP contribution in [0.25, 0.3) is 0 Å². The molecule has 5 heteroatoms. The summed E-state index contributed by atoms with van der Waals surface area (Å²) in [4.78, 5) is 30.0. The van der Waals surface area contributed by atoms with E-state index in [0.717, 1.165) is 23.3 Å². The SMILES string of the molecule is Cc1c(C(=O)c2ccc(C(=O)O)cn2)sc2c1C(C)(C)CCC2(C)C. The Balaban J connectivity index is 2.08. The fourth-order valence-corrected chi connectivity index (χ4v) is 5.22. The highest BCUT2D eigenvalue weighted by Gasteiger charge is 2.41. The summed E-state index contributed by atoms with van der Waals surface area (Å²) in [5.41, 5.74) is 2.86. The van der Waals surface area contributed by atoms with Crippen LogP contribution >= 0.6 is 11.3 Å². The van der Waals surface area contributed by atoms with Gasteiger partial charge in [-0.15, -0.1) is 11.3 Å². The van der Waals surface area contributed by atoms with Gasteiger partial charge in [-0.1, -0.05) is 27.7 Å². The molecule has 1 N–H and O–H groups in total. The van der Waals surface area contributed by atoms with E-state index in [1.807, 2.05) is 6.92 Å². The van der Waals surface area contributed by atoms with E-state index in [0.29, 0.717) is 5.69 Å². The summed E-state index contributed by atoms with van der Waals surface area (Å²) in [7, 11) is 0. The van der Waals surface area contributed by atoms with Crippen LogP contribution in [-0.4, -0.2) is 21.8 Å². The zero-order valence-electron chi connectivity index (χ0n) is 15.3. The Kier molecular flexibility index (Phi) is 4.11. The number of hydrogen-bond donors (Lipinski definition) is 1. The highest BCUT2D eigenvalue weighted by molar-refractivity contribution is 7.14. The topological polar surface area (TPSA) is 67.3 Å². The maximum absolute atomic E-state index is 13.0. The van der Waals surface area contributed by atoms with E-state index in [1.54, 1.807) is 11.3 Å². The Bertz CT molecular complexity index is 860. The van der Waals surface area contributed by atoms with Crippen LogP contribution in [-0.2, 0) is 10.8 Å². The molecule has 0 atom stereocenters. The number of pyridine rings is 1. The van der Waals surface area contributed by atoms with Crippen molar-refractivity contribution < 1.29 is 14.7 Å². The molecule has 0 aromatic carbocycles. The molecule has 0 bridgehead atoms. The number of rotatable bonds is 3. The number of carboxylic acids is 1. The average molecular weight is 357 g/mol. The molecule has 3 rings (SSSR count). The van der Waals surface area contributed by atoms with Crippen molar-refractivity contribution in [2.24, 2.45) is 0 Å². The van der Waals surface area contributed by atoms with Crippen LogP contribution in [0.2, 0.25) is 0 Å². The first kappa shape index (κ1) is 17.8. The standard InChI is InChI=1S/C20H23NO3S/c1-11-14-17(20(4,5)9-8-19(14,2)3)25-16(11)15(22)13-7-6-12(10-21-13)18(23)24/h6-7,10H,8-9H2,1-5H3,(H,23,24). The maximum Gasteiger partial charge on any atom is 0.337 e. The van der Waals surface area contributed by atoms with Gasteiger partial charge >= 0.3 is 5.97 Å². The largest absolute Gasteiger partial charge is 0.478 e.